The summed E-state index contributed by atoms with van der Waals surface area (Å²) in [4.78, 5) is 15.7. The van der Waals surface area contributed by atoms with Gasteiger partial charge < -0.3 is 4.90 Å². The molecule has 4 heteroatoms. The van der Waals surface area contributed by atoms with E-state index in [1.807, 2.05) is 23.6 Å². The minimum absolute atomic E-state index is 0.122. The largest absolute Gasteiger partial charge is 0.333 e. The second-order valence-electron chi connectivity index (χ2n) is 4.97. The maximum Gasteiger partial charge on any atom is 0.237 e. The Bertz CT molecular complexity index is 291. The summed E-state index contributed by atoms with van der Waals surface area (Å²) in [6.45, 7) is 9.63. The first-order valence-electron chi connectivity index (χ1n) is 5.30. The maximum atomic E-state index is 11.9. The average molecular weight is 209 g/mol. The molecule has 0 spiro atoms. The van der Waals surface area contributed by atoms with Crippen LogP contribution in [0, 0.1) is 11.3 Å². The molecule has 0 bridgehead atoms. The lowest BCUT2D eigenvalue weighted by molar-refractivity contribution is -0.147. The highest BCUT2D eigenvalue weighted by molar-refractivity contribution is 5.80. The van der Waals surface area contributed by atoms with Crippen LogP contribution >= 0.6 is 0 Å². The Kier molecular flexibility index (Phi) is 3.35. The van der Waals surface area contributed by atoms with Crippen molar-refractivity contribution in [3.05, 3.63) is 0 Å². The van der Waals surface area contributed by atoms with Gasteiger partial charge in [-0.1, -0.05) is 0 Å². The molecule has 0 radical (unpaired) electrons. The fraction of sp³-hybridized carbons (Fsp3) is 0.818. The van der Waals surface area contributed by atoms with E-state index in [2.05, 4.69) is 19.9 Å². The van der Waals surface area contributed by atoms with Crippen LogP contribution in [0.3, 0.4) is 0 Å². The molecule has 1 rings (SSSR count). The molecule has 4 nitrogen and oxygen atoms in total. The van der Waals surface area contributed by atoms with Gasteiger partial charge in [0.05, 0.1) is 24.7 Å². The van der Waals surface area contributed by atoms with Gasteiger partial charge in [0.2, 0.25) is 5.91 Å². The molecular formula is C11H19N3O. The zero-order valence-corrected chi connectivity index (χ0v) is 9.95. The standard InChI is InChI=1S/C11H19N3O/c1-9(2)14-10(15)7-13(6-5-12)8-11(14,3)4/h9H,6-8H2,1-4H3. The van der Waals surface area contributed by atoms with Crippen molar-refractivity contribution in [1.29, 1.82) is 5.26 Å². The van der Waals surface area contributed by atoms with Crippen LogP contribution in [-0.4, -0.2) is 46.9 Å². The highest BCUT2D eigenvalue weighted by atomic mass is 16.2. The van der Waals surface area contributed by atoms with Crippen LogP contribution in [0.15, 0.2) is 0 Å². The Morgan fingerprint density at radius 3 is 2.53 bits per heavy atom. The number of hydrogen-bond donors (Lipinski definition) is 0. The van der Waals surface area contributed by atoms with Crippen molar-refractivity contribution in [1.82, 2.24) is 9.80 Å². The third-order valence-electron chi connectivity index (χ3n) is 2.70. The maximum absolute atomic E-state index is 11.9. The van der Waals surface area contributed by atoms with Gasteiger partial charge in [0.25, 0.3) is 0 Å². The number of amides is 1. The van der Waals surface area contributed by atoms with Crippen molar-refractivity contribution in [2.45, 2.75) is 39.3 Å². The van der Waals surface area contributed by atoms with Crippen molar-refractivity contribution < 1.29 is 4.79 Å². The van der Waals surface area contributed by atoms with Gasteiger partial charge in [-0.05, 0) is 27.7 Å². The van der Waals surface area contributed by atoms with Crippen LogP contribution in [0.25, 0.3) is 0 Å². The third kappa shape index (κ3) is 2.48. The van der Waals surface area contributed by atoms with Crippen LogP contribution in [0.2, 0.25) is 0 Å². The molecule has 1 fully saturated rings. The Hall–Kier alpha value is -1.08. The third-order valence-corrected chi connectivity index (χ3v) is 2.70. The van der Waals surface area contributed by atoms with Crippen LogP contribution < -0.4 is 0 Å². The van der Waals surface area contributed by atoms with Crippen LogP contribution in [-0.2, 0) is 4.79 Å². The van der Waals surface area contributed by atoms with E-state index in [-0.39, 0.29) is 17.5 Å². The van der Waals surface area contributed by atoms with Crippen LogP contribution in [0.5, 0.6) is 0 Å². The highest BCUT2D eigenvalue weighted by Crippen LogP contribution is 2.23. The lowest BCUT2D eigenvalue weighted by Crippen LogP contribution is -2.63. The summed E-state index contributed by atoms with van der Waals surface area (Å²) < 4.78 is 0. The van der Waals surface area contributed by atoms with Crippen LogP contribution in [0.4, 0.5) is 0 Å². The molecule has 0 atom stereocenters. The van der Waals surface area contributed by atoms with Crippen molar-refractivity contribution in [3.63, 3.8) is 0 Å². The van der Waals surface area contributed by atoms with E-state index in [9.17, 15) is 4.79 Å². The van der Waals surface area contributed by atoms with Crippen molar-refractivity contribution in [3.8, 4) is 6.07 Å². The number of piperazine rings is 1. The van der Waals surface area contributed by atoms with E-state index in [4.69, 9.17) is 5.26 Å². The monoisotopic (exact) mass is 209 g/mol. The minimum Gasteiger partial charge on any atom is -0.333 e. The first kappa shape index (κ1) is 12.0. The van der Waals surface area contributed by atoms with Gasteiger partial charge >= 0.3 is 0 Å². The number of nitriles is 1. The van der Waals surface area contributed by atoms with Gasteiger partial charge in [-0.3, -0.25) is 9.69 Å². The molecule has 0 aromatic heterocycles. The van der Waals surface area contributed by atoms with Gasteiger partial charge in [0.1, 0.15) is 0 Å². The molecule has 0 N–H and O–H groups in total. The summed E-state index contributed by atoms with van der Waals surface area (Å²) in [5.41, 5.74) is -0.180. The molecule has 1 heterocycles. The van der Waals surface area contributed by atoms with Gasteiger partial charge in [-0.25, -0.2) is 0 Å². The van der Waals surface area contributed by atoms with Crippen molar-refractivity contribution in [2.75, 3.05) is 19.6 Å². The summed E-state index contributed by atoms with van der Waals surface area (Å²) in [6, 6.07) is 2.31. The Labute approximate surface area is 91.5 Å². The summed E-state index contributed by atoms with van der Waals surface area (Å²) >= 11 is 0. The molecule has 15 heavy (non-hydrogen) atoms. The fourth-order valence-corrected chi connectivity index (χ4v) is 2.48. The van der Waals surface area contributed by atoms with E-state index < -0.39 is 0 Å². The lowest BCUT2D eigenvalue weighted by Gasteiger charge is -2.48. The molecule has 0 aromatic carbocycles. The molecule has 84 valence electrons. The summed E-state index contributed by atoms with van der Waals surface area (Å²) in [5, 5.41) is 8.63. The van der Waals surface area contributed by atoms with Gasteiger partial charge in [-0.15, -0.1) is 0 Å². The summed E-state index contributed by atoms with van der Waals surface area (Å²) in [7, 11) is 0. The number of nitrogens with zero attached hydrogens (tertiary/aromatic N) is 3. The number of carbonyl (C=O) groups excluding carboxylic acids is 1. The van der Waals surface area contributed by atoms with Gasteiger partial charge in [-0.2, -0.15) is 5.26 Å². The minimum atomic E-state index is -0.180. The molecule has 0 aromatic rings. The van der Waals surface area contributed by atoms with Gasteiger partial charge in [0, 0.05) is 12.6 Å². The predicted octanol–water partition coefficient (Wildman–Crippen LogP) is 0.841. The molecule has 1 saturated heterocycles. The lowest BCUT2D eigenvalue weighted by atomic mass is 9.96. The second-order valence-corrected chi connectivity index (χ2v) is 4.97. The Morgan fingerprint density at radius 1 is 1.53 bits per heavy atom. The molecular weight excluding hydrogens is 190 g/mol. The van der Waals surface area contributed by atoms with Crippen LogP contribution in [0.1, 0.15) is 27.7 Å². The molecule has 1 aliphatic rings. The smallest absolute Gasteiger partial charge is 0.237 e. The highest BCUT2D eigenvalue weighted by Gasteiger charge is 2.39. The molecule has 1 amide bonds. The summed E-state index contributed by atoms with van der Waals surface area (Å²) in [6.07, 6.45) is 0. The van der Waals surface area contributed by atoms with Crippen molar-refractivity contribution in [2.24, 2.45) is 0 Å². The normalized spacial score (nSPS) is 21.9. The zero-order valence-electron chi connectivity index (χ0n) is 9.95. The van der Waals surface area contributed by atoms with Crippen molar-refractivity contribution >= 4 is 5.91 Å². The average Bonchev–Trinajstić information content (AvgIpc) is 1.99. The van der Waals surface area contributed by atoms with Gasteiger partial charge in [0.15, 0.2) is 0 Å². The first-order valence-corrected chi connectivity index (χ1v) is 5.30. The molecule has 0 unspecified atom stereocenters. The van der Waals surface area contributed by atoms with E-state index in [1.165, 1.54) is 0 Å². The number of carbonyl (C=O) groups is 1. The number of hydrogen-bond acceptors (Lipinski definition) is 3. The summed E-state index contributed by atoms with van der Waals surface area (Å²) in [5.74, 6) is 0.122. The quantitative estimate of drug-likeness (QED) is 0.633. The van der Waals surface area contributed by atoms with E-state index in [1.54, 1.807) is 0 Å². The first-order chi connectivity index (χ1) is 6.88. The zero-order chi connectivity index (χ0) is 11.6. The van der Waals surface area contributed by atoms with E-state index in [0.29, 0.717) is 13.1 Å². The second kappa shape index (κ2) is 4.19. The Balaban J connectivity index is 2.82. The molecule has 1 aliphatic heterocycles. The van der Waals surface area contributed by atoms with E-state index >= 15 is 0 Å². The topological polar surface area (TPSA) is 47.3 Å². The molecule has 0 saturated carbocycles. The Morgan fingerprint density at radius 2 is 2.13 bits per heavy atom. The predicted molar refractivity (Wildman–Crippen MR) is 58.1 cm³/mol. The van der Waals surface area contributed by atoms with E-state index in [0.717, 1.165) is 6.54 Å². The number of rotatable bonds is 2. The SMILES string of the molecule is CC(C)N1C(=O)CN(CC#N)CC1(C)C. The molecule has 0 aliphatic carbocycles. The fourth-order valence-electron chi connectivity index (χ4n) is 2.48.